The first-order valence-electron chi connectivity index (χ1n) is 6.10. The maximum Gasteiger partial charge on any atom is 0.407 e. The van der Waals surface area contributed by atoms with Gasteiger partial charge in [-0.25, -0.2) is 9.78 Å². The number of hydrogen-bond donors (Lipinski definition) is 3. The van der Waals surface area contributed by atoms with E-state index in [1.807, 2.05) is 0 Å². The monoisotopic (exact) mass is 285 g/mol. The molecule has 1 amide bonds. The highest BCUT2D eigenvalue weighted by Gasteiger charge is 2.23. The number of rotatable bonds is 3. The second-order valence-electron chi connectivity index (χ2n) is 4.54. The van der Waals surface area contributed by atoms with Crippen LogP contribution in [0.15, 0.2) is 12.3 Å². The Labute approximate surface area is 116 Å². The summed E-state index contributed by atoms with van der Waals surface area (Å²) < 4.78 is 0. The number of carbonyl (C=O) groups is 1. The zero-order chi connectivity index (χ0) is 13.8. The van der Waals surface area contributed by atoms with Crippen LogP contribution >= 0.6 is 11.6 Å². The summed E-state index contributed by atoms with van der Waals surface area (Å²) >= 11 is 6.06. The molecule has 0 radical (unpaired) electrons. The van der Waals surface area contributed by atoms with Crippen molar-refractivity contribution in [1.29, 1.82) is 0 Å². The second-order valence-corrected chi connectivity index (χ2v) is 4.95. The number of anilines is 1. The van der Waals surface area contributed by atoms with Crippen molar-refractivity contribution in [3.63, 3.8) is 0 Å². The lowest BCUT2D eigenvalue weighted by Gasteiger charge is -2.31. The number of piperidine rings is 1. The lowest BCUT2D eigenvalue weighted by Crippen LogP contribution is -2.44. The van der Waals surface area contributed by atoms with Crippen LogP contribution in [0.3, 0.4) is 0 Å². The van der Waals surface area contributed by atoms with Crippen LogP contribution in [0.5, 0.6) is 0 Å². The molecular formula is C12H16ClN3O3. The number of pyridine rings is 1. The van der Waals surface area contributed by atoms with E-state index < -0.39 is 6.09 Å². The third-order valence-electron chi connectivity index (χ3n) is 3.11. The van der Waals surface area contributed by atoms with Crippen LogP contribution in [-0.4, -0.2) is 45.3 Å². The Morgan fingerprint density at radius 3 is 3.05 bits per heavy atom. The van der Waals surface area contributed by atoms with Crippen LogP contribution < -0.4 is 5.32 Å². The fourth-order valence-corrected chi connectivity index (χ4v) is 2.38. The molecule has 0 bridgehead atoms. The van der Waals surface area contributed by atoms with Gasteiger partial charge in [0.2, 0.25) is 0 Å². The molecule has 1 aliphatic heterocycles. The third kappa shape index (κ3) is 3.48. The van der Waals surface area contributed by atoms with Gasteiger partial charge in [-0.15, -0.1) is 0 Å². The summed E-state index contributed by atoms with van der Waals surface area (Å²) in [6, 6.07) is 1.66. The van der Waals surface area contributed by atoms with E-state index in [0.717, 1.165) is 12.8 Å². The molecule has 6 nitrogen and oxygen atoms in total. The molecular weight excluding hydrogens is 270 g/mol. The molecule has 1 fully saturated rings. The molecule has 7 heteroatoms. The Balaban J connectivity index is 2.02. The van der Waals surface area contributed by atoms with Gasteiger partial charge in [0.25, 0.3) is 0 Å². The predicted molar refractivity (Wildman–Crippen MR) is 71.4 cm³/mol. The highest BCUT2D eigenvalue weighted by Crippen LogP contribution is 2.23. The van der Waals surface area contributed by atoms with Crippen molar-refractivity contribution in [1.82, 2.24) is 9.88 Å². The van der Waals surface area contributed by atoms with Gasteiger partial charge in [0.15, 0.2) is 0 Å². The van der Waals surface area contributed by atoms with Gasteiger partial charge in [-0.05, 0) is 24.5 Å². The van der Waals surface area contributed by atoms with Gasteiger partial charge in [0, 0.05) is 25.3 Å². The van der Waals surface area contributed by atoms with Gasteiger partial charge in [-0.2, -0.15) is 0 Å². The van der Waals surface area contributed by atoms with Crippen LogP contribution in [0, 0.1) is 0 Å². The molecule has 0 spiro atoms. The molecule has 1 aromatic heterocycles. The Morgan fingerprint density at radius 1 is 1.63 bits per heavy atom. The smallest absolute Gasteiger partial charge is 0.407 e. The molecule has 0 aliphatic carbocycles. The number of aliphatic hydroxyl groups is 1. The third-order valence-corrected chi connectivity index (χ3v) is 3.40. The fourth-order valence-electron chi connectivity index (χ4n) is 2.13. The van der Waals surface area contributed by atoms with Crippen LogP contribution in [0.1, 0.15) is 18.4 Å². The summed E-state index contributed by atoms with van der Waals surface area (Å²) in [7, 11) is 0. The molecule has 1 saturated heterocycles. The maximum atomic E-state index is 10.9. The average molecular weight is 286 g/mol. The fraction of sp³-hybridized carbons (Fsp3) is 0.500. The number of aliphatic hydroxyl groups excluding tert-OH is 1. The number of halogens is 1. The molecule has 1 atom stereocenters. The largest absolute Gasteiger partial charge is 0.465 e. The minimum Gasteiger partial charge on any atom is -0.465 e. The van der Waals surface area contributed by atoms with E-state index in [1.165, 1.54) is 4.90 Å². The van der Waals surface area contributed by atoms with Crippen molar-refractivity contribution in [2.75, 3.05) is 18.4 Å². The van der Waals surface area contributed by atoms with E-state index in [1.54, 1.807) is 12.3 Å². The van der Waals surface area contributed by atoms with Crippen molar-refractivity contribution in [3.8, 4) is 0 Å². The lowest BCUT2D eigenvalue weighted by atomic mass is 10.1. The second kappa shape index (κ2) is 6.08. The molecule has 19 heavy (non-hydrogen) atoms. The van der Waals surface area contributed by atoms with Crippen molar-refractivity contribution in [2.24, 2.45) is 0 Å². The van der Waals surface area contributed by atoms with E-state index in [9.17, 15) is 4.79 Å². The number of amides is 1. The SMILES string of the molecule is O=C(O)N1CCC[C@@H](Nc2ncc(CO)cc2Cl)C1. The molecule has 0 aromatic carbocycles. The number of hydrogen-bond acceptors (Lipinski definition) is 4. The Morgan fingerprint density at radius 2 is 2.42 bits per heavy atom. The van der Waals surface area contributed by atoms with Crippen LogP contribution in [0.25, 0.3) is 0 Å². The number of nitrogens with one attached hydrogen (secondary N) is 1. The number of aromatic nitrogens is 1. The van der Waals surface area contributed by atoms with Gasteiger partial charge >= 0.3 is 6.09 Å². The average Bonchev–Trinajstić information content (AvgIpc) is 2.41. The van der Waals surface area contributed by atoms with Gasteiger partial charge in [-0.1, -0.05) is 11.6 Å². The first-order valence-corrected chi connectivity index (χ1v) is 6.47. The normalized spacial score (nSPS) is 19.3. The topological polar surface area (TPSA) is 85.7 Å². The Hall–Kier alpha value is -1.53. The van der Waals surface area contributed by atoms with Crippen LogP contribution in [0.2, 0.25) is 5.02 Å². The first-order chi connectivity index (χ1) is 9.10. The molecule has 1 aromatic rings. The zero-order valence-corrected chi connectivity index (χ0v) is 11.1. The molecule has 0 unspecified atom stereocenters. The molecule has 2 rings (SSSR count). The summed E-state index contributed by atoms with van der Waals surface area (Å²) in [5.74, 6) is 0.524. The molecule has 1 aliphatic rings. The van der Waals surface area contributed by atoms with Gasteiger partial charge in [0.1, 0.15) is 5.82 Å². The molecule has 0 saturated carbocycles. The highest BCUT2D eigenvalue weighted by molar-refractivity contribution is 6.32. The van der Waals surface area contributed by atoms with Crippen molar-refractivity contribution in [2.45, 2.75) is 25.5 Å². The highest BCUT2D eigenvalue weighted by atomic mass is 35.5. The van der Waals surface area contributed by atoms with Crippen molar-refractivity contribution < 1.29 is 15.0 Å². The van der Waals surface area contributed by atoms with Crippen molar-refractivity contribution in [3.05, 3.63) is 22.8 Å². The number of nitrogens with zero attached hydrogens (tertiary/aromatic N) is 2. The molecule has 104 valence electrons. The summed E-state index contributed by atoms with van der Waals surface area (Å²) in [5, 5.41) is 21.5. The van der Waals surface area contributed by atoms with Gasteiger partial charge in [-0.3, -0.25) is 0 Å². The van der Waals surface area contributed by atoms with E-state index in [-0.39, 0.29) is 12.6 Å². The van der Waals surface area contributed by atoms with Gasteiger partial charge in [0.05, 0.1) is 11.6 Å². The maximum absolute atomic E-state index is 10.9. The molecule has 3 N–H and O–H groups in total. The van der Waals surface area contributed by atoms with E-state index >= 15 is 0 Å². The predicted octanol–water partition coefficient (Wildman–Crippen LogP) is 1.78. The minimum atomic E-state index is -0.902. The Kier molecular flexibility index (Phi) is 4.44. The quantitative estimate of drug-likeness (QED) is 0.788. The van der Waals surface area contributed by atoms with Gasteiger partial charge < -0.3 is 20.4 Å². The standard InChI is InChI=1S/C12H16ClN3O3/c13-10-4-8(7-17)5-14-11(10)15-9-2-1-3-16(6-9)12(18)19/h4-5,9,17H,1-3,6-7H2,(H,14,15)(H,18,19)/t9-/m1/s1. The first kappa shape index (κ1) is 13.9. The summed E-state index contributed by atoms with van der Waals surface area (Å²) in [4.78, 5) is 16.5. The zero-order valence-electron chi connectivity index (χ0n) is 10.3. The van der Waals surface area contributed by atoms with E-state index in [4.69, 9.17) is 21.8 Å². The number of carboxylic acid groups (broad SMARTS) is 1. The van der Waals surface area contributed by atoms with E-state index in [0.29, 0.717) is 29.5 Å². The van der Waals surface area contributed by atoms with Crippen molar-refractivity contribution >= 4 is 23.5 Å². The minimum absolute atomic E-state index is 0.00910. The summed E-state index contributed by atoms with van der Waals surface area (Å²) in [5.41, 5.74) is 0.645. The number of likely N-dealkylation sites (tertiary alicyclic amines) is 1. The van der Waals surface area contributed by atoms with E-state index in [2.05, 4.69) is 10.3 Å². The summed E-state index contributed by atoms with van der Waals surface area (Å²) in [6.45, 7) is 0.885. The Bertz CT molecular complexity index is 470. The summed E-state index contributed by atoms with van der Waals surface area (Å²) in [6.07, 6.45) is 2.34. The van der Waals surface area contributed by atoms with Crippen LogP contribution in [-0.2, 0) is 6.61 Å². The van der Waals surface area contributed by atoms with Crippen LogP contribution in [0.4, 0.5) is 10.6 Å². The molecule has 2 heterocycles. The lowest BCUT2D eigenvalue weighted by molar-refractivity contribution is 0.133.